The summed E-state index contributed by atoms with van der Waals surface area (Å²) in [6.07, 6.45) is -0.731. The number of aliphatic hydroxyl groups is 1. The minimum Gasteiger partial charge on any atom is -0.410 e. The van der Waals surface area contributed by atoms with Crippen LogP contribution in [0.4, 0.5) is 10.6 Å². The Morgan fingerprint density at radius 2 is 1.77 bits per heavy atom. The Balaban J connectivity index is 1.91. The van der Waals surface area contributed by atoms with Crippen LogP contribution in [0.25, 0.3) is 5.69 Å². The lowest BCUT2D eigenvalue weighted by atomic mass is 10.1. The number of ether oxygens (including phenoxy) is 1. The van der Waals surface area contributed by atoms with Crippen molar-refractivity contribution in [3.63, 3.8) is 0 Å². The molecule has 0 spiro atoms. The van der Waals surface area contributed by atoms with Gasteiger partial charge in [-0.1, -0.05) is 36.4 Å². The van der Waals surface area contributed by atoms with E-state index in [4.69, 9.17) is 4.74 Å². The van der Waals surface area contributed by atoms with Crippen molar-refractivity contribution in [3.8, 4) is 11.4 Å². The maximum atomic E-state index is 12.3. The van der Waals surface area contributed by atoms with Crippen molar-refractivity contribution in [1.82, 2.24) is 9.78 Å². The molecule has 0 aliphatic carbocycles. The van der Waals surface area contributed by atoms with E-state index in [1.54, 1.807) is 35.9 Å². The first-order valence-corrected chi connectivity index (χ1v) is 8.40. The molecule has 0 saturated carbocycles. The van der Waals surface area contributed by atoms with Gasteiger partial charge >= 0.3 is 6.09 Å². The van der Waals surface area contributed by atoms with Gasteiger partial charge in [0.25, 0.3) is 0 Å². The van der Waals surface area contributed by atoms with E-state index in [1.807, 2.05) is 43.3 Å². The van der Waals surface area contributed by atoms with Gasteiger partial charge in [0.2, 0.25) is 0 Å². The number of aromatic nitrogens is 2. The van der Waals surface area contributed by atoms with Crippen LogP contribution in [0.3, 0.4) is 0 Å². The van der Waals surface area contributed by atoms with Crippen LogP contribution >= 0.6 is 0 Å². The predicted octanol–water partition coefficient (Wildman–Crippen LogP) is 3.71. The van der Waals surface area contributed by atoms with Gasteiger partial charge in [-0.25, -0.2) is 9.48 Å². The number of hydrogen-bond acceptors (Lipinski definition) is 4. The number of para-hydroxylation sites is 2. The number of rotatable bonds is 5. The van der Waals surface area contributed by atoms with Crippen LogP contribution in [0.15, 0.2) is 60.7 Å². The van der Waals surface area contributed by atoms with Crippen LogP contribution in [0.5, 0.6) is 5.75 Å². The van der Waals surface area contributed by atoms with Crippen molar-refractivity contribution < 1.29 is 14.6 Å². The van der Waals surface area contributed by atoms with Crippen molar-refractivity contribution in [3.05, 3.63) is 71.9 Å². The lowest BCUT2D eigenvalue weighted by molar-refractivity contribution is 0.194. The molecule has 3 rings (SSSR count). The van der Waals surface area contributed by atoms with Gasteiger partial charge in [-0.05, 0) is 38.1 Å². The van der Waals surface area contributed by atoms with Crippen molar-refractivity contribution in [2.45, 2.75) is 26.4 Å². The molecule has 6 heteroatoms. The second-order valence-corrected chi connectivity index (χ2v) is 6.05. The fourth-order valence-corrected chi connectivity index (χ4v) is 2.64. The second-order valence-electron chi connectivity index (χ2n) is 6.05. The highest BCUT2D eigenvalue weighted by atomic mass is 16.6. The summed E-state index contributed by atoms with van der Waals surface area (Å²) in [7, 11) is 0. The molecule has 1 atom stereocenters. The molecule has 134 valence electrons. The first-order chi connectivity index (χ1) is 12.5. The van der Waals surface area contributed by atoms with Crippen molar-refractivity contribution in [2.24, 2.45) is 0 Å². The normalized spacial score (nSPS) is 11.8. The number of nitrogens with zero attached hydrogens (tertiary/aromatic N) is 2. The molecule has 0 aliphatic heterocycles. The van der Waals surface area contributed by atoms with Crippen molar-refractivity contribution in [1.29, 1.82) is 0 Å². The molecule has 0 radical (unpaired) electrons. The minimum atomic E-state index is -0.597. The predicted molar refractivity (Wildman–Crippen MR) is 99.8 cm³/mol. The molecule has 0 aliphatic rings. The summed E-state index contributed by atoms with van der Waals surface area (Å²) in [6.45, 7) is 3.57. The molecule has 2 N–H and O–H groups in total. The van der Waals surface area contributed by atoms with E-state index in [0.29, 0.717) is 18.0 Å². The van der Waals surface area contributed by atoms with Crippen LogP contribution in [0.1, 0.15) is 18.2 Å². The van der Waals surface area contributed by atoms with Gasteiger partial charge < -0.3 is 9.84 Å². The molecule has 0 saturated heterocycles. The molecule has 3 aromatic rings. The first-order valence-electron chi connectivity index (χ1n) is 8.40. The smallest absolute Gasteiger partial charge is 0.410 e. The highest BCUT2D eigenvalue weighted by Gasteiger charge is 2.19. The number of carbonyl (C=O) groups excluding carboxylic acids is 1. The zero-order chi connectivity index (χ0) is 18.5. The largest absolute Gasteiger partial charge is 0.418 e. The number of anilines is 1. The topological polar surface area (TPSA) is 76.4 Å². The summed E-state index contributed by atoms with van der Waals surface area (Å²) in [5.74, 6) is 0.977. The number of benzene rings is 2. The van der Waals surface area contributed by atoms with E-state index in [1.165, 1.54) is 0 Å². The molecule has 6 nitrogen and oxygen atoms in total. The SMILES string of the molecule is Cc1c(C[C@@H](C)O)nn(-c2ccccc2)c1NC(=O)Oc1ccccc1. The number of hydrogen-bond donors (Lipinski definition) is 2. The molecule has 1 aromatic heterocycles. The molecular formula is C20H21N3O3. The number of nitrogens with one attached hydrogen (secondary N) is 1. The fourth-order valence-electron chi connectivity index (χ4n) is 2.64. The second kappa shape index (κ2) is 7.84. The first kappa shape index (κ1) is 17.7. The summed E-state index contributed by atoms with van der Waals surface area (Å²) in [4.78, 5) is 12.3. The Labute approximate surface area is 152 Å². The maximum absolute atomic E-state index is 12.3. The Bertz CT molecular complexity index is 874. The van der Waals surface area contributed by atoms with Gasteiger partial charge in [0, 0.05) is 12.0 Å². The van der Waals surface area contributed by atoms with Crippen LogP contribution in [-0.4, -0.2) is 27.1 Å². The summed E-state index contributed by atoms with van der Waals surface area (Å²) in [5.41, 5.74) is 2.32. The monoisotopic (exact) mass is 351 g/mol. The standard InChI is InChI=1S/C20H21N3O3/c1-14(24)13-18-15(2)19(23(22-18)16-9-5-3-6-10-16)21-20(25)26-17-11-7-4-8-12-17/h3-12,14,24H,13H2,1-2H3,(H,21,25)/t14-/m1/s1. The highest BCUT2D eigenvalue weighted by Crippen LogP contribution is 2.24. The Morgan fingerprint density at radius 1 is 1.15 bits per heavy atom. The van der Waals surface area contributed by atoms with Crippen molar-refractivity contribution >= 4 is 11.9 Å². The number of amides is 1. The lowest BCUT2D eigenvalue weighted by Gasteiger charge is -2.10. The molecule has 0 fully saturated rings. The van der Waals surface area contributed by atoms with E-state index < -0.39 is 12.2 Å². The molecule has 1 amide bonds. The number of aliphatic hydroxyl groups excluding tert-OH is 1. The summed E-state index contributed by atoms with van der Waals surface area (Å²) < 4.78 is 6.97. The quantitative estimate of drug-likeness (QED) is 0.735. The average molecular weight is 351 g/mol. The van der Waals surface area contributed by atoms with E-state index in [9.17, 15) is 9.90 Å². The molecule has 1 heterocycles. The molecule has 0 unspecified atom stereocenters. The molecule has 26 heavy (non-hydrogen) atoms. The molecular weight excluding hydrogens is 330 g/mol. The van der Waals surface area contributed by atoms with Crippen LogP contribution in [0.2, 0.25) is 0 Å². The molecule has 2 aromatic carbocycles. The van der Waals surface area contributed by atoms with Gasteiger partial charge in [-0.3, -0.25) is 5.32 Å². The van der Waals surface area contributed by atoms with E-state index in [-0.39, 0.29) is 0 Å². The maximum Gasteiger partial charge on any atom is 0.418 e. The van der Waals surface area contributed by atoms with Crippen LogP contribution in [-0.2, 0) is 6.42 Å². The van der Waals surface area contributed by atoms with E-state index >= 15 is 0 Å². The van der Waals surface area contributed by atoms with Gasteiger partial charge in [-0.15, -0.1) is 0 Å². The summed E-state index contributed by atoms with van der Waals surface area (Å²) >= 11 is 0. The minimum absolute atomic E-state index is 0.397. The zero-order valence-corrected chi connectivity index (χ0v) is 14.7. The van der Waals surface area contributed by atoms with Gasteiger partial charge in [0.05, 0.1) is 17.5 Å². The molecule has 0 bridgehead atoms. The van der Waals surface area contributed by atoms with E-state index in [2.05, 4.69) is 10.4 Å². The Kier molecular flexibility index (Phi) is 5.34. The highest BCUT2D eigenvalue weighted by molar-refractivity contribution is 5.86. The summed E-state index contributed by atoms with van der Waals surface area (Å²) in [5, 5.41) is 17.1. The van der Waals surface area contributed by atoms with Gasteiger partial charge in [0.1, 0.15) is 11.6 Å². The lowest BCUT2D eigenvalue weighted by Crippen LogP contribution is -2.19. The summed E-state index contributed by atoms with van der Waals surface area (Å²) in [6, 6.07) is 18.3. The van der Waals surface area contributed by atoms with Gasteiger partial charge in [-0.2, -0.15) is 5.10 Å². The van der Waals surface area contributed by atoms with Crippen molar-refractivity contribution in [2.75, 3.05) is 5.32 Å². The van der Waals surface area contributed by atoms with E-state index in [0.717, 1.165) is 16.9 Å². The van der Waals surface area contributed by atoms with Crippen LogP contribution in [0, 0.1) is 6.92 Å². The fraction of sp³-hybridized carbons (Fsp3) is 0.200. The third kappa shape index (κ3) is 4.10. The average Bonchev–Trinajstić information content (AvgIpc) is 2.92. The number of carbonyl (C=O) groups is 1. The Hall–Kier alpha value is -3.12. The third-order valence-corrected chi connectivity index (χ3v) is 3.88. The van der Waals surface area contributed by atoms with Gasteiger partial charge in [0.15, 0.2) is 0 Å². The third-order valence-electron chi connectivity index (χ3n) is 3.88. The Morgan fingerprint density at radius 3 is 2.38 bits per heavy atom. The zero-order valence-electron chi connectivity index (χ0n) is 14.7. The van der Waals surface area contributed by atoms with Crippen LogP contribution < -0.4 is 10.1 Å².